The van der Waals surface area contributed by atoms with Crippen LogP contribution in [0.1, 0.15) is 11.1 Å². The number of halogens is 2. The summed E-state index contributed by atoms with van der Waals surface area (Å²) in [5, 5.41) is 0. The van der Waals surface area contributed by atoms with Crippen molar-refractivity contribution in [3.8, 4) is 11.5 Å². The minimum atomic E-state index is -3.30. The SMILES string of the molecule is Cc1ccccc1O[Si](Cl)(Cl)Oc1ccccc1C. The maximum absolute atomic E-state index is 6.21. The minimum Gasteiger partial charge on any atom is -0.490 e. The standard InChI is InChI=1S/C14H14Cl2O2Si/c1-11-7-3-5-9-13(11)17-19(15,16)18-14-10-6-4-8-12(14)2/h3-10H,1-2H3. The Bertz CT molecular complexity index is 523. The third kappa shape index (κ3) is 3.90. The van der Waals surface area contributed by atoms with Crippen LogP contribution in [0.25, 0.3) is 0 Å². The van der Waals surface area contributed by atoms with Crippen LogP contribution in [-0.2, 0) is 0 Å². The highest BCUT2D eigenvalue weighted by atomic mass is 35.7. The molecule has 0 unspecified atom stereocenters. The van der Waals surface area contributed by atoms with E-state index in [-0.39, 0.29) is 0 Å². The van der Waals surface area contributed by atoms with Crippen molar-refractivity contribution in [2.24, 2.45) is 0 Å². The quantitative estimate of drug-likeness (QED) is 0.603. The van der Waals surface area contributed by atoms with E-state index in [4.69, 9.17) is 31.0 Å². The molecule has 0 fully saturated rings. The van der Waals surface area contributed by atoms with Crippen LogP contribution in [0.5, 0.6) is 11.5 Å². The van der Waals surface area contributed by atoms with E-state index in [2.05, 4.69) is 0 Å². The molecular weight excluding hydrogens is 299 g/mol. The second-order valence-corrected chi connectivity index (χ2v) is 9.10. The van der Waals surface area contributed by atoms with Gasteiger partial charge in [0.05, 0.1) is 0 Å². The van der Waals surface area contributed by atoms with Gasteiger partial charge >= 0.3 is 7.18 Å². The Hall–Kier alpha value is -1.16. The fourth-order valence-corrected chi connectivity index (χ4v) is 3.63. The van der Waals surface area contributed by atoms with Crippen molar-refractivity contribution in [2.75, 3.05) is 0 Å². The van der Waals surface area contributed by atoms with E-state index < -0.39 is 7.18 Å². The van der Waals surface area contributed by atoms with Crippen LogP contribution in [-0.4, -0.2) is 7.18 Å². The zero-order valence-corrected chi connectivity index (χ0v) is 13.2. The molecule has 19 heavy (non-hydrogen) atoms. The van der Waals surface area contributed by atoms with Crippen molar-refractivity contribution in [3.05, 3.63) is 59.7 Å². The van der Waals surface area contributed by atoms with Gasteiger partial charge in [-0.1, -0.05) is 58.6 Å². The largest absolute Gasteiger partial charge is 0.681 e. The smallest absolute Gasteiger partial charge is 0.490 e. The van der Waals surface area contributed by atoms with E-state index in [0.29, 0.717) is 11.5 Å². The van der Waals surface area contributed by atoms with Gasteiger partial charge in [-0.3, -0.25) is 0 Å². The summed E-state index contributed by atoms with van der Waals surface area (Å²) < 4.78 is 11.3. The van der Waals surface area contributed by atoms with E-state index in [9.17, 15) is 0 Å². The number of hydrogen-bond acceptors (Lipinski definition) is 2. The minimum absolute atomic E-state index is 0.646. The summed E-state index contributed by atoms with van der Waals surface area (Å²) in [6.07, 6.45) is 0. The molecule has 0 atom stereocenters. The molecular formula is C14H14Cl2O2Si. The summed E-state index contributed by atoms with van der Waals surface area (Å²) in [5.74, 6) is 1.29. The lowest BCUT2D eigenvalue weighted by Crippen LogP contribution is -2.37. The summed E-state index contributed by atoms with van der Waals surface area (Å²) in [6.45, 7) is 3.86. The van der Waals surface area contributed by atoms with E-state index in [1.807, 2.05) is 62.4 Å². The summed E-state index contributed by atoms with van der Waals surface area (Å²) in [7, 11) is -3.30. The molecule has 0 N–H and O–H groups in total. The first-order valence-electron chi connectivity index (χ1n) is 5.85. The first-order chi connectivity index (χ1) is 8.98. The topological polar surface area (TPSA) is 18.5 Å². The molecule has 2 aromatic rings. The number of hydrogen-bond donors (Lipinski definition) is 0. The predicted octanol–water partition coefficient (Wildman–Crippen LogP) is 4.67. The molecule has 2 aromatic carbocycles. The normalized spacial score (nSPS) is 11.2. The zero-order chi connectivity index (χ0) is 13.9. The van der Waals surface area contributed by atoms with E-state index >= 15 is 0 Å². The van der Waals surface area contributed by atoms with Crippen LogP contribution in [0.15, 0.2) is 48.5 Å². The van der Waals surface area contributed by atoms with E-state index in [1.54, 1.807) is 0 Å². The van der Waals surface area contributed by atoms with Crippen LogP contribution in [0.2, 0.25) is 0 Å². The van der Waals surface area contributed by atoms with Gasteiger partial charge in [-0.25, -0.2) is 0 Å². The molecule has 100 valence electrons. The third-order valence-corrected chi connectivity index (χ3v) is 4.49. The highest BCUT2D eigenvalue weighted by Crippen LogP contribution is 2.29. The maximum atomic E-state index is 6.21. The average molecular weight is 313 g/mol. The lowest BCUT2D eigenvalue weighted by Gasteiger charge is -2.21. The van der Waals surface area contributed by atoms with Gasteiger partial charge in [-0.2, -0.15) is 0 Å². The van der Waals surface area contributed by atoms with Crippen LogP contribution in [0, 0.1) is 13.8 Å². The van der Waals surface area contributed by atoms with Gasteiger partial charge in [-0.15, -0.1) is 0 Å². The molecule has 0 bridgehead atoms. The molecule has 0 aromatic heterocycles. The fraction of sp³-hybridized carbons (Fsp3) is 0.143. The highest BCUT2D eigenvalue weighted by molar-refractivity contribution is 7.39. The zero-order valence-electron chi connectivity index (χ0n) is 10.7. The molecule has 0 radical (unpaired) electrons. The van der Waals surface area contributed by atoms with Gasteiger partial charge in [0.2, 0.25) is 0 Å². The van der Waals surface area contributed by atoms with Crippen LogP contribution >= 0.6 is 22.2 Å². The van der Waals surface area contributed by atoms with Crippen molar-refractivity contribution in [1.29, 1.82) is 0 Å². The van der Waals surface area contributed by atoms with Gasteiger partial charge in [0, 0.05) is 0 Å². The molecule has 0 heterocycles. The first-order valence-corrected chi connectivity index (χ1v) is 9.69. The summed E-state index contributed by atoms with van der Waals surface area (Å²) in [5.41, 5.74) is 1.93. The number of rotatable bonds is 4. The average Bonchev–Trinajstić information content (AvgIpc) is 2.35. The van der Waals surface area contributed by atoms with Crippen LogP contribution < -0.4 is 8.85 Å². The molecule has 2 nitrogen and oxygen atoms in total. The molecule has 0 saturated carbocycles. The second kappa shape index (κ2) is 5.86. The van der Waals surface area contributed by atoms with Gasteiger partial charge in [0.1, 0.15) is 11.5 Å². The number of para-hydroxylation sites is 2. The van der Waals surface area contributed by atoms with Crippen molar-refractivity contribution in [3.63, 3.8) is 0 Å². The molecule has 0 aliphatic carbocycles. The highest BCUT2D eigenvalue weighted by Gasteiger charge is 2.40. The number of benzene rings is 2. The Labute approximate surface area is 123 Å². The Morgan fingerprint density at radius 2 is 1.11 bits per heavy atom. The predicted molar refractivity (Wildman–Crippen MR) is 81.1 cm³/mol. The molecule has 0 aliphatic heterocycles. The lowest BCUT2D eigenvalue weighted by molar-refractivity contribution is 0.432. The van der Waals surface area contributed by atoms with Crippen molar-refractivity contribution in [2.45, 2.75) is 13.8 Å². The van der Waals surface area contributed by atoms with Gasteiger partial charge in [-0.05, 0) is 37.1 Å². The van der Waals surface area contributed by atoms with Crippen LogP contribution in [0.3, 0.4) is 0 Å². The van der Waals surface area contributed by atoms with Crippen molar-refractivity contribution in [1.82, 2.24) is 0 Å². The number of aryl methyl sites for hydroxylation is 2. The van der Waals surface area contributed by atoms with Crippen LogP contribution in [0.4, 0.5) is 0 Å². The van der Waals surface area contributed by atoms with Gasteiger partial charge < -0.3 is 8.85 Å². The molecule has 0 spiro atoms. The summed E-state index contributed by atoms with van der Waals surface area (Å²) in [6, 6.07) is 15.1. The Kier molecular flexibility index (Phi) is 4.40. The van der Waals surface area contributed by atoms with Gasteiger partial charge in [0.15, 0.2) is 0 Å². The summed E-state index contributed by atoms with van der Waals surface area (Å²) in [4.78, 5) is 0. The monoisotopic (exact) mass is 312 g/mol. The first kappa shape index (κ1) is 14.3. The Balaban J connectivity index is 2.15. The van der Waals surface area contributed by atoms with Crippen molar-refractivity contribution < 1.29 is 8.85 Å². The summed E-state index contributed by atoms with van der Waals surface area (Å²) >= 11 is 12.4. The Morgan fingerprint density at radius 3 is 1.47 bits per heavy atom. The molecule has 0 saturated heterocycles. The molecule has 5 heteroatoms. The van der Waals surface area contributed by atoms with Crippen molar-refractivity contribution >= 4 is 29.3 Å². The molecule has 0 amide bonds. The Morgan fingerprint density at radius 1 is 0.737 bits per heavy atom. The molecule has 0 aliphatic rings. The molecule has 2 rings (SSSR count). The second-order valence-electron chi connectivity index (χ2n) is 4.20. The van der Waals surface area contributed by atoms with E-state index in [1.165, 1.54) is 0 Å². The lowest BCUT2D eigenvalue weighted by atomic mass is 10.2. The maximum Gasteiger partial charge on any atom is 0.681 e. The third-order valence-electron chi connectivity index (χ3n) is 2.64. The van der Waals surface area contributed by atoms with Gasteiger partial charge in [0.25, 0.3) is 0 Å². The fourth-order valence-electron chi connectivity index (χ4n) is 1.62. The van der Waals surface area contributed by atoms with E-state index in [0.717, 1.165) is 11.1 Å².